The molecule has 35 heavy (non-hydrogen) atoms. The van der Waals surface area contributed by atoms with Crippen LogP contribution in [-0.4, -0.2) is 34.4 Å². The van der Waals surface area contributed by atoms with Crippen molar-refractivity contribution in [2.75, 3.05) is 0 Å². The Morgan fingerprint density at radius 2 is 1.06 bits per heavy atom. The van der Waals surface area contributed by atoms with Crippen LogP contribution in [0.4, 0.5) is 0 Å². The van der Waals surface area contributed by atoms with Gasteiger partial charge in [-0.1, -0.05) is 100 Å². The first-order chi connectivity index (χ1) is 16.4. The second-order valence-electron chi connectivity index (χ2n) is 10.9. The van der Waals surface area contributed by atoms with Gasteiger partial charge in [-0.3, -0.25) is 9.78 Å². The molecule has 0 heterocycles. The molecule has 0 aromatic heterocycles. The van der Waals surface area contributed by atoms with Gasteiger partial charge in [0.1, 0.15) is 0 Å². The summed E-state index contributed by atoms with van der Waals surface area (Å²) >= 11 is 0. The molecule has 6 nitrogen and oxygen atoms in total. The minimum atomic E-state index is -1.46. The van der Waals surface area contributed by atoms with E-state index in [1.807, 2.05) is 24.3 Å². The zero-order valence-electron chi connectivity index (χ0n) is 22.2. The highest BCUT2D eigenvalue weighted by molar-refractivity contribution is 6.89. The summed E-state index contributed by atoms with van der Waals surface area (Å²) in [5.41, 5.74) is 0.771. The van der Waals surface area contributed by atoms with Crippen LogP contribution < -0.4 is 10.4 Å². The summed E-state index contributed by atoms with van der Waals surface area (Å²) in [6.07, 6.45) is 3.31. The maximum atomic E-state index is 12.5. The van der Waals surface area contributed by atoms with E-state index in [-0.39, 0.29) is 0 Å². The fraction of sp³-hybridized carbons (Fsp3) is 0.481. The number of carbonyl (C=O) groups is 2. The normalized spacial score (nSPS) is 12.0. The van der Waals surface area contributed by atoms with Crippen LogP contribution in [0, 0.1) is 0 Å². The van der Waals surface area contributed by atoms with Gasteiger partial charge in [0, 0.05) is 6.42 Å². The van der Waals surface area contributed by atoms with Crippen molar-refractivity contribution in [1.29, 1.82) is 0 Å². The molecule has 0 aliphatic carbocycles. The summed E-state index contributed by atoms with van der Waals surface area (Å²) in [6.45, 7) is 15.6. The fourth-order valence-electron chi connectivity index (χ4n) is 3.35. The number of hydrogen-bond donors (Lipinski definition) is 0. The molecule has 0 saturated heterocycles. The molecule has 2 rings (SSSR count). The lowest BCUT2D eigenvalue weighted by atomic mass is 10.1. The standard InChI is InChI=1S/C27H40O6Si2/c1-8-9-10-11-12-25(30-32-26(28)21-13-17-23(18-14-21)34(2,3)4)31-33-27(29)22-15-19-24(20-16-22)35(5,6)7/h13-20,25H,8-12H2,1-7H3. The Balaban J connectivity index is 1.95. The van der Waals surface area contributed by atoms with Gasteiger partial charge in [0.15, 0.2) is 0 Å². The second kappa shape index (κ2) is 13.2. The Bertz CT molecular complexity index is 870. The Morgan fingerprint density at radius 1 is 0.657 bits per heavy atom. The molecular weight excluding hydrogens is 476 g/mol. The number of unbranched alkanes of at least 4 members (excludes halogenated alkanes) is 3. The van der Waals surface area contributed by atoms with E-state index in [4.69, 9.17) is 19.6 Å². The lowest BCUT2D eigenvalue weighted by Crippen LogP contribution is -2.37. The zero-order chi connectivity index (χ0) is 26.1. The molecule has 0 spiro atoms. The molecule has 0 bridgehead atoms. The van der Waals surface area contributed by atoms with Gasteiger partial charge in [-0.15, -0.1) is 9.78 Å². The third-order valence-corrected chi connectivity index (χ3v) is 9.86. The summed E-state index contributed by atoms with van der Waals surface area (Å²) in [5, 5.41) is 2.49. The minimum absolute atomic E-state index is 0.385. The molecule has 0 aliphatic rings. The first-order valence-electron chi connectivity index (χ1n) is 12.4. The van der Waals surface area contributed by atoms with E-state index in [0.717, 1.165) is 25.7 Å². The summed E-state index contributed by atoms with van der Waals surface area (Å²) in [4.78, 5) is 45.5. The van der Waals surface area contributed by atoms with E-state index in [1.54, 1.807) is 24.3 Å². The zero-order valence-corrected chi connectivity index (χ0v) is 24.2. The van der Waals surface area contributed by atoms with Gasteiger partial charge in [0.2, 0.25) is 6.29 Å². The van der Waals surface area contributed by atoms with Crippen molar-refractivity contribution < 1.29 is 29.1 Å². The van der Waals surface area contributed by atoms with E-state index in [0.29, 0.717) is 17.5 Å². The smallest absolute Gasteiger partial charge is 0.290 e. The number of hydrogen-bond acceptors (Lipinski definition) is 6. The highest BCUT2D eigenvalue weighted by Gasteiger charge is 2.22. The summed E-state index contributed by atoms with van der Waals surface area (Å²) in [5.74, 6) is -1.25. The van der Waals surface area contributed by atoms with E-state index in [9.17, 15) is 9.59 Å². The molecule has 0 fully saturated rings. The molecule has 0 aliphatic heterocycles. The van der Waals surface area contributed by atoms with Gasteiger partial charge >= 0.3 is 11.9 Å². The number of carbonyl (C=O) groups excluding carboxylic acids is 2. The average Bonchev–Trinajstić information content (AvgIpc) is 2.81. The maximum absolute atomic E-state index is 12.5. The Kier molecular flexibility index (Phi) is 10.9. The summed E-state index contributed by atoms with van der Waals surface area (Å²) < 4.78 is 0. The lowest BCUT2D eigenvalue weighted by Gasteiger charge is -2.17. The molecule has 0 N–H and O–H groups in total. The van der Waals surface area contributed by atoms with Crippen molar-refractivity contribution in [2.24, 2.45) is 0 Å². The van der Waals surface area contributed by atoms with Crippen molar-refractivity contribution >= 4 is 38.5 Å². The van der Waals surface area contributed by atoms with Gasteiger partial charge in [-0.2, -0.15) is 0 Å². The quantitative estimate of drug-likeness (QED) is 0.108. The van der Waals surface area contributed by atoms with Gasteiger partial charge in [-0.05, 0) is 30.7 Å². The summed E-state index contributed by atoms with van der Waals surface area (Å²) in [6, 6.07) is 14.8. The molecule has 2 aromatic rings. The first-order valence-corrected chi connectivity index (χ1v) is 19.4. The van der Waals surface area contributed by atoms with Crippen LogP contribution in [-0.2, 0) is 19.6 Å². The molecule has 0 atom stereocenters. The minimum Gasteiger partial charge on any atom is -0.290 e. The fourth-order valence-corrected chi connectivity index (χ4v) is 5.69. The van der Waals surface area contributed by atoms with Crippen LogP contribution in [0.3, 0.4) is 0 Å². The largest absolute Gasteiger partial charge is 0.373 e. The molecule has 0 unspecified atom stereocenters. The van der Waals surface area contributed by atoms with Crippen molar-refractivity contribution in [3.05, 3.63) is 59.7 Å². The van der Waals surface area contributed by atoms with E-state index >= 15 is 0 Å². The molecule has 0 amide bonds. The maximum Gasteiger partial charge on any atom is 0.373 e. The Labute approximate surface area is 211 Å². The highest BCUT2D eigenvalue weighted by atomic mass is 28.3. The second-order valence-corrected chi connectivity index (χ2v) is 21.0. The highest BCUT2D eigenvalue weighted by Crippen LogP contribution is 2.14. The monoisotopic (exact) mass is 516 g/mol. The number of rotatable bonds is 13. The molecular formula is C27H40O6Si2. The molecule has 0 radical (unpaired) electrons. The third-order valence-electron chi connectivity index (χ3n) is 5.73. The SMILES string of the molecule is CCCCCCC(OOC(=O)c1ccc([Si](C)(C)C)cc1)OOC(=O)c1ccc([Si](C)(C)C)cc1. The molecule has 192 valence electrons. The van der Waals surface area contributed by atoms with Crippen LogP contribution in [0.1, 0.15) is 59.7 Å². The third kappa shape index (κ3) is 9.72. The van der Waals surface area contributed by atoms with Crippen LogP contribution >= 0.6 is 0 Å². The van der Waals surface area contributed by atoms with Gasteiger partial charge in [0.05, 0.1) is 27.3 Å². The Hall–Kier alpha value is -2.27. The molecule has 0 saturated carbocycles. The van der Waals surface area contributed by atoms with Gasteiger partial charge < -0.3 is 0 Å². The van der Waals surface area contributed by atoms with E-state index in [1.165, 1.54) is 10.4 Å². The summed E-state index contributed by atoms with van der Waals surface area (Å²) in [7, 11) is -2.92. The molecule has 8 heteroatoms. The number of benzene rings is 2. The predicted molar refractivity (Wildman–Crippen MR) is 144 cm³/mol. The van der Waals surface area contributed by atoms with Crippen LogP contribution in [0.15, 0.2) is 48.5 Å². The topological polar surface area (TPSA) is 71.1 Å². The van der Waals surface area contributed by atoms with Crippen molar-refractivity contribution in [3.63, 3.8) is 0 Å². The molecule has 2 aromatic carbocycles. The first kappa shape index (κ1) is 29.0. The van der Waals surface area contributed by atoms with Crippen molar-refractivity contribution in [3.8, 4) is 0 Å². The van der Waals surface area contributed by atoms with Crippen LogP contribution in [0.25, 0.3) is 0 Å². The van der Waals surface area contributed by atoms with Gasteiger partial charge in [0.25, 0.3) is 0 Å². The van der Waals surface area contributed by atoms with Crippen LogP contribution in [0.2, 0.25) is 39.3 Å². The van der Waals surface area contributed by atoms with E-state index < -0.39 is 34.4 Å². The predicted octanol–water partition coefficient (Wildman–Crippen LogP) is 5.95. The van der Waals surface area contributed by atoms with Gasteiger partial charge in [-0.25, -0.2) is 9.59 Å². The van der Waals surface area contributed by atoms with Crippen molar-refractivity contribution in [1.82, 2.24) is 0 Å². The van der Waals surface area contributed by atoms with Crippen LogP contribution in [0.5, 0.6) is 0 Å². The van der Waals surface area contributed by atoms with Crippen molar-refractivity contribution in [2.45, 2.75) is 84.6 Å². The average molecular weight is 517 g/mol. The Morgan fingerprint density at radius 3 is 1.40 bits per heavy atom. The lowest BCUT2D eigenvalue weighted by molar-refractivity contribution is -0.421. The van der Waals surface area contributed by atoms with E-state index in [2.05, 4.69) is 46.2 Å².